The molecule has 1 heterocycles. The maximum absolute atomic E-state index is 11.5. The third-order valence-corrected chi connectivity index (χ3v) is 3.03. The summed E-state index contributed by atoms with van der Waals surface area (Å²) in [6, 6.07) is 3.13. The Morgan fingerprint density at radius 2 is 2.15 bits per heavy atom. The van der Waals surface area contributed by atoms with E-state index in [0.29, 0.717) is 0 Å². The average Bonchev–Trinajstić information content (AvgIpc) is 2.04. The van der Waals surface area contributed by atoms with Crippen molar-refractivity contribution in [3.63, 3.8) is 0 Å². The Kier molecular flexibility index (Phi) is 2.83. The molecule has 1 rings (SSSR count). The molecule has 0 aliphatic rings. The predicted octanol–water partition coefficient (Wildman–Crippen LogP) is 1.78. The summed E-state index contributed by atoms with van der Waals surface area (Å²) < 4.78 is 23.1. The van der Waals surface area contributed by atoms with Gasteiger partial charge in [-0.1, -0.05) is 5.57 Å². The van der Waals surface area contributed by atoms with Gasteiger partial charge in [0.1, 0.15) is 0 Å². The number of hydrogen-bond acceptors (Lipinski definition) is 3. The summed E-state index contributed by atoms with van der Waals surface area (Å²) in [6.45, 7) is 3.49. The van der Waals surface area contributed by atoms with Crippen LogP contribution in [0.3, 0.4) is 0 Å². The van der Waals surface area contributed by atoms with Gasteiger partial charge in [-0.3, -0.25) is 4.98 Å². The van der Waals surface area contributed by atoms with Gasteiger partial charge in [0.2, 0.25) is 9.84 Å². The summed E-state index contributed by atoms with van der Waals surface area (Å²) in [6.07, 6.45) is 2.89. The van der Waals surface area contributed by atoms with Crippen LogP contribution in [-0.2, 0) is 9.84 Å². The summed E-state index contributed by atoms with van der Waals surface area (Å²) in [5, 5.41) is 1.24. The minimum Gasteiger partial charge on any atom is -0.263 e. The van der Waals surface area contributed by atoms with E-state index in [2.05, 4.69) is 4.98 Å². The molecule has 0 spiro atoms. The Morgan fingerprint density at radius 3 is 2.62 bits per heavy atom. The molecule has 0 N–H and O–H groups in total. The van der Waals surface area contributed by atoms with Gasteiger partial charge in [-0.25, -0.2) is 8.42 Å². The quantitative estimate of drug-likeness (QED) is 0.726. The molecule has 0 aliphatic heterocycles. The topological polar surface area (TPSA) is 47.0 Å². The number of aromatic nitrogens is 1. The van der Waals surface area contributed by atoms with Crippen LogP contribution >= 0.6 is 0 Å². The minimum atomic E-state index is -3.28. The molecule has 0 saturated carbocycles. The molecule has 0 atom stereocenters. The van der Waals surface area contributed by atoms with E-state index in [0.717, 1.165) is 5.57 Å². The lowest BCUT2D eigenvalue weighted by atomic mass is 10.4. The Balaban J connectivity index is 3.18. The van der Waals surface area contributed by atoms with Gasteiger partial charge in [0, 0.05) is 17.8 Å². The van der Waals surface area contributed by atoms with E-state index in [9.17, 15) is 8.42 Å². The first-order valence-corrected chi connectivity index (χ1v) is 5.37. The summed E-state index contributed by atoms with van der Waals surface area (Å²) in [7, 11) is -3.28. The van der Waals surface area contributed by atoms with Crippen LogP contribution in [0.2, 0.25) is 0 Å². The maximum Gasteiger partial charge on any atom is 0.201 e. The summed E-state index contributed by atoms with van der Waals surface area (Å²) in [5.41, 5.74) is 0.754. The number of hydrogen-bond donors (Lipinski definition) is 0. The molecule has 0 unspecified atom stereocenters. The largest absolute Gasteiger partial charge is 0.263 e. The predicted molar refractivity (Wildman–Crippen MR) is 50.9 cm³/mol. The van der Waals surface area contributed by atoms with Gasteiger partial charge >= 0.3 is 0 Å². The van der Waals surface area contributed by atoms with Crippen LogP contribution in [0.1, 0.15) is 13.8 Å². The fourth-order valence-electron chi connectivity index (χ4n) is 0.894. The van der Waals surface area contributed by atoms with Crippen LogP contribution in [0.5, 0.6) is 0 Å². The smallest absolute Gasteiger partial charge is 0.201 e. The first-order valence-electron chi connectivity index (χ1n) is 3.82. The summed E-state index contributed by atoms with van der Waals surface area (Å²) in [5.74, 6) is 0. The molecule has 0 bridgehead atoms. The SMILES string of the molecule is CC(C)=CS(=O)(=O)c1cccnc1. The molecule has 1 aromatic rings. The van der Waals surface area contributed by atoms with Crippen molar-refractivity contribution < 1.29 is 8.42 Å². The van der Waals surface area contributed by atoms with Crippen molar-refractivity contribution in [2.24, 2.45) is 0 Å². The van der Waals surface area contributed by atoms with Crippen LogP contribution in [0.15, 0.2) is 40.4 Å². The normalized spacial score (nSPS) is 10.9. The van der Waals surface area contributed by atoms with E-state index in [-0.39, 0.29) is 4.90 Å². The van der Waals surface area contributed by atoms with Crippen molar-refractivity contribution >= 4 is 9.84 Å². The van der Waals surface area contributed by atoms with Crippen molar-refractivity contribution in [1.82, 2.24) is 4.98 Å². The van der Waals surface area contributed by atoms with E-state index in [1.807, 2.05) is 0 Å². The van der Waals surface area contributed by atoms with E-state index in [1.54, 1.807) is 26.1 Å². The molecule has 0 aromatic carbocycles. The van der Waals surface area contributed by atoms with E-state index in [1.165, 1.54) is 17.7 Å². The third kappa shape index (κ3) is 2.66. The number of nitrogens with zero attached hydrogens (tertiary/aromatic N) is 1. The summed E-state index contributed by atoms with van der Waals surface area (Å²) in [4.78, 5) is 3.98. The lowest BCUT2D eigenvalue weighted by Gasteiger charge is -1.97. The second-order valence-electron chi connectivity index (χ2n) is 2.93. The van der Waals surface area contributed by atoms with Crippen LogP contribution in [0, 0.1) is 0 Å². The number of rotatable bonds is 2. The second kappa shape index (κ2) is 3.70. The number of sulfone groups is 1. The highest BCUT2D eigenvalue weighted by molar-refractivity contribution is 7.94. The standard InChI is InChI=1S/C9H11NO2S/c1-8(2)7-13(11,12)9-4-3-5-10-6-9/h3-7H,1-2H3. The molecule has 0 saturated heterocycles. The molecule has 3 nitrogen and oxygen atoms in total. The second-order valence-corrected chi connectivity index (χ2v) is 4.73. The van der Waals surface area contributed by atoms with Crippen LogP contribution in [0.25, 0.3) is 0 Å². The highest BCUT2D eigenvalue weighted by Gasteiger charge is 2.09. The molecule has 70 valence electrons. The lowest BCUT2D eigenvalue weighted by Crippen LogP contribution is -1.97. The third-order valence-electron chi connectivity index (χ3n) is 1.35. The lowest BCUT2D eigenvalue weighted by molar-refractivity contribution is 0.604. The molecule has 0 fully saturated rings. The number of pyridine rings is 1. The van der Waals surface area contributed by atoms with Gasteiger partial charge in [-0.15, -0.1) is 0 Å². The molecule has 0 radical (unpaired) electrons. The molecule has 13 heavy (non-hydrogen) atoms. The fourth-order valence-corrected chi connectivity index (χ4v) is 2.13. The first kappa shape index (κ1) is 9.92. The zero-order valence-electron chi connectivity index (χ0n) is 7.56. The Hall–Kier alpha value is -1.16. The molecular formula is C9H11NO2S. The van der Waals surface area contributed by atoms with Crippen LogP contribution in [-0.4, -0.2) is 13.4 Å². The minimum absolute atomic E-state index is 0.233. The molecule has 4 heteroatoms. The monoisotopic (exact) mass is 197 g/mol. The van der Waals surface area contributed by atoms with Gasteiger partial charge < -0.3 is 0 Å². The van der Waals surface area contributed by atoms with Crippen molar-refractivity contribution in [2.75, 3.05) is 0 Å². The molecular weight excluding hydrogens is 186 g/mol. The van der Waals surface area contributed by atoms with Gasteiger partial charge in [-0.05, 0) is 26.0 Å². The highest BCUT2D eigenvalue weighted by atomic mass is 32.2. The average molecular weight is 197 g/mol. The highest BCUT2D eigenvalue weighted by Crippen LogP contribution is 2.11. The first-order chi connectivity index (χ1) is 6.02. The molecule has 0 amide bonds. The van der Waals surface area contributed by atoms with Crippen LogP contribution < -0.4 is 0 Å². The van der Waals surface area contributed by atoms with Crippen molar-refractivity contribution in [3.05, 3.63) is 35.5 Å². The fraction of sp³-hybridized carbons (Fsp3) is 0.222. The van der Waals surface area contributed by atoms with Crippen molar-refractivity contribution in [1.29, 1.82) is 0 Å². The Labute approximate surface area is 78.0 Å². The molecule has 1 aromatic heterocycles. The van der Waals surface area contributed by atoms with Crippen LogP contribution in [0.4, 0.5) is 0 Å². The Morgan fingerprint density at radius 1 is 1.46 bits per heavy atom. The zero-order valence-corrected chi connectivity index (χ0v) is 8.38. The maximum atomic E-state index is 11.5. The zero-order chi connectivity index (χ0) is 9.90. The van der Waals surface area contributed by atoms with E-state index in [4.69, 9.17) is 0 Å². The van der Waals surface area contributed by atoms with Crippen molar-refractivity contribution in [2.45, 2.75) is 18.7 Å². The van der Waals surface area contributed by atoms with Gasteiger partial charge in [0.25, 0.3) is 0 Å². The van der Waals surface area contributed by atoms with Crippen molar-refractivity contribution in [3.8, 4) is 0 Å². The van der Waals surface area contributed by atoms with Gasteiger partial charge in [0.05, 0.1) is 4.90 Å². The Bertz CT molecular complexity index is 403. The van der Waals surface area contributed by atoms with Gasteiger partial charge in [0.15, 0.2) is 0 Å². The number of allylic oxidation sites excluding steroid dienone is 1. The summed E-state index contributed by atoms with van der Waals surface area (Å²) >= 11 is 0. The molecule has 0 aliphatic carbocycles. The van der Waals surface area contributed by atoms with E-state index < -0.39 is 9.84 Å². The van der Waals surface area contributed by atoms with E-state index >= 15 is 0 Å². The van der Waals surface area contributed by atoms with Gasteiger partial charge in [-0.2, -0.15) is 0 Å².